The van der Waals surface area contributed by atoms with E-state index < -0.39 is 25.0 Å². The van der Waals surface area contributed by atoms with Gasteiger partial charge in [-0.25, -0.2) is 4.79 Å². The number of hydrogen-bond acceptors (Lipinski definition) is 6. The monoisotopic (exact) mass is 312 g/mol. The van der Waals surface area contributed by atoms with Crippen molar-refractivity contribution >= 4 is 13.6 Å². The quantitative estimate of drug-likeness (QED) is 0.662. The highest BCUT2D eigenvalue weighted by atomic mass is 31.2. The van der Waals surface area contributed by atoms with Gasteiger partial charge in [0, 0.05) is 20.3 Å². The molecule has 2 atom stereocenters. The Morgan fingerprint density at radius 3 is 2.24 bits per heavy atom. The van der Waals surface area contributed by atoms with E-state index in [-0.39, 0.29) is 5.56 Å². The summed E-state index contributed by atoms with van der Waals surface area (Å²) in [4.78, 5) is 11.3. The number of esters is 1. The van der Waals surface area contributed by atoms with Crippen molar-refractivity contribution in [2.75, 3.05) is 14.2 Å². The molecule has 0 saturated heterocycles. The summed E-state index contributed by atoms with van der Waals surface area (Å²) in [6, 6.07) is 6.69. The van der Waals surface area contributed by atoms with Crippen LogP contribution in [0, 0.1) is 6.92 Å². The minimum Gasteiger partial charge on any atom is -0.451 e. The molecule has 21 heavy (non-hydrogen) atoms. The number of benzene rings is 1. The van der Waals surface area contributed by atoms with E-state index in [4.69, 9.17) is 13.8 Å². The van der Waals surface area contributed by atoms with Gasteiger partial charge in [-0.2, -0.15) is 0 Å². The van der Waals surface area contributed by atoms with E-state index in [0.717, 1.165) is 5.56 Å². The number of aliphatic hydroxyl groups is 1. The van der Waals surface area contributed by atoms with Crippen LogP contribution in [0.25, 0.3) is 0 Å². The third-order valence-electron chi connectivity index (χ3n) is 3.42. The van der Waals surface area contributed by atoms with E-state index in [0.29, 0.717) is 0 Å². The van der Waals surface area contributed by atoms with Crippen LogP contribution in [0.2, 0.25) is 0 Å². The highest BCUT2D eigenvalue weighted by Gasteiger charge is 2.58. The Morgan fingerprint density at radius 1 is 1.24 bits per heavy atom. The molecule has 7 heteroatoms. The largest absolute Gasteiger partial charge is 0.451 e. The maximum absolute atomic E-state index is 12.8. The SMILES string of the molecule is COP(=O)(OC)[C@](O)(c1ccc(C)cc1)[C@H]1C=CC(=O)O1. The summed E-state index contributed by atoms with van der Waals surface area (Å²) < 4.78 is 27.7. The Balaban J connectivity index is 2.59. The maximum Gasteiger partial charge on any atom is 0.370 e. The number of carbonyl (C=O) groups excluding carboxylic acids is 1. The second-order valence-electron chi connectivity index (χ2n) is 4.67. The summed E-state index contributed by atoms with van der Waals surface area (Å²) in [5, 5.41) is 8.95. The number of cyclic esters (lactones) is 1. The van der Waals surface area contributed by atoms with Crippen molar-refractivity contribution < 1.29 is 28.3 Å². The van der Waals surface area contributed by atoms with E-state index in [2.05, 4.69) is 0 Å². The lowest BCUT2D eigenvalue weighted by Gasteiger charge is -2.36. The first-order chi connectivity index (χ1) is 9.87. The Hall–Kier alpha value is -1.46. The van der Waals surface area contributed by atoms with E-state index >= 15 is 0 Å². The molecule has 1 aromatic carbocycles. The molecule has 114 valence electrons. The standard InChI is InChI=1S/C14H17O6P/c1-10-4-6-11(7-5-10)14(16,21(17,18-2)19-3)12-8-9-13(15)20-12/h4-9,12,16H,1-3H3/t12-,14-/m1/s1. The first-order valence-electron chi connectivity index (χ1n) is 6.27. The van der Waals surface area contributed by atoms with Crippen molar-refractivity contribution in [3.8, 4) is 0 Å². The number of ether oxygens (including phenoxy) is 1. The third-order valence-corrected chi connectivity index (χ3v) is 5.73. The van der Waals surface area contributed by atoms with Gasteiger partial charge in [0.25, 0.3) is 0 Å². The second-order valence-corrected chi connectivity index (χ2v) is 7.08. The van der Waals surface area contributed by atoms with Crippen LogP contribution in [0.15, 0.2) is 36.4 Å². The topological polar surface area (TPSA) is 82.1 Å². The molecule has 0 fully saturated rings. The summed E-state index contributed by atoms with van der Waals surface area (Å²) in [6.07, 6.45) is 1.35. The average molecular weight is 312 g/mol. The van der Waals surface area contributed by atoms with Crippen LogP contribution in [0.5, 0.6) is 0 Å². The Bertz CT molecular complexity index is 600. The van der Waals surface area contributed by atoms with Crippen LogP contribution in [-0.4, -0.2) is 31.4 Å². The average Bonchev–Trinajstić information content (AvgIpc) is 2.93. The van der Waals surface area contributed by atoms with E-state index in [1.165, 1.54) is 26.4 Å². The van der Waals surface area contributed by atoms with Gasteiger partial charge in [-0.3, -0.25) is 4.57 Å². The van der Waals surface area contributed by atoms with Crippen LogP contribution >= 0.6 is 7.60 Å². The molecule has 0 aromatic heterocycles. The molecule has 1 N–H and O–H groups in total. The molecule has 1 aromatic rings. The molecular weight excluding hydrogens is 295 g/mol. The predicted octanol–water partition coefficient (Wildman–Crippen LogP) is 2.11. The molecule has 2 rings (SSSR count). The number of hydrogen-bond donors (Lipinski definition) is 1. The van der Waals surface area contributed by atoms with Gasteiger partial charge >= 0.3 is 13.6 Å². The molecule has 0 aliphatic carbocycles. The fourth-order valence-corrected chi connectivity index (χ4v) is 3.84. The molecule has 0 amide bonds. The van der Waals surface area contributed by atoms with Crippen molar-refractivity contribution in [2.45, 2.75) is 18.4 Å². The molecule has 0 spiro atoms. The maximum atomic E-state index is 12.8. The summed E-state index contributed by atoms with van der Waals surface area (Å²) in [5.74, 6) is -0.621. The van der Waals surface area contributed by atoms with Crippen LogP contribution in [0.4, 0.5) is 0 Å². The van der Waals surface area contributed by atoms with Gasteiger partial charge in [0.1, 0.15) is 0 Å². The van der Waals surface area contributed by atoms with E-state index in [1.54, 1.807) is 24.3 Å². The van der Waals surface area contributed by atoms with Gasteiger partial charge in [-0.1, -0.05) is 29.8 Å². The number of carbonyl (C=O) groups is 1. The van der Waals surface area contributed by atoms with Gasteiger partial charge < -0.3 is 18.9 Å². The molecule has 0 bridgehead atoms. The second kappa shape index (κ2) is 5.73. The lowest BCUT2D eigenvalue weighted by atomic mass is 10.0. The summed E-state index contributed by atoms with van der Waals surface area (Å²) in [6.45, 7) is 1.88. The molecular formula is C14H17O6P. The summed E-state index contributed by atoms with van der Waals surface area (Å²) >= 11 is 0. The van der Waals surface area contributed by atoms with Crippen molar-refractivity contribution in [1.29, 1.82) is 0 Å². The highest BCUT2D eigenvalue weighted by molar-refractivity contribution is 7.55. The van der Waals surface area contributed by atoms with E-state index in [9.17, 15) is 14.5 Å². The van der Waals surface area contributed by atoms with Crippen LogP contribution in [-0.2, 0) is 28.5 Å². The van der Waals surface area contributed by atoms with Crippen LogP contribution in [0.1, 0.15) is 11.1 Å². The smallest absolute Gasteiger partial charge is 0.370 e. The first kappa shape index (κ1) is 15.9. The molecule has 1 aliphatic rings. The molecule has 6 nitrogen and oxygen atoms in total. The van der Waals surface area contributed by atoms with Gasteiger partial charge in [0.2, 0.25) is 5.34 Å². The van der Waals surface area contributed by atoms with Gasteiger partial charge in [-0.15, -0.1) is 0 Å². The van der Waals surface area contributed by atoms with Crippen LogP contribution < -0.4 is 0 Å². The van der Waals surface area contributed by atoms with E-state index in [1.807, 2.05) is 6.92 Å². The Morgan fingerprint density at radius 2 is 1.81 bits per heavy atom. The first-order valence-corrected chi connectivity index (χ1v) is 7.81. The van der Waals surface area contributed by atoms with Crippen molar-refractivity contribution in [2.24, 2.45) is 0 Å². The van der Waals surface area contributed by atoms with Crippen LogP contribution in [0.3, 0.4) is 0 Å². The number of rotatable bonds is 5. The summed E-state index contributed by atoms with van der Waals surface area (Å²) in [5.41, 5.74) is 1.24. The molecule has 1 heterocycles. The molecule has 1 aliphatic heterocycles. The lowest BCUT2D eigenvalue weighted by Crippen LogP contribution is -2.40. The fourth-order valence-electron chi connectivity index (χ4n) is 2.22. The highest BCUT2D eigenvalue weighted by Crippen LogP contribution is 2.65. The zero-order valence-corrected chi connectivity index (χ0v) is 12.9. The van der Waals surface area contributed by atoms with Crippen molar-refractivity contribution in [3.63, 3.8) is 0 Å². The fraction of sp³-hybridized carbons (Fsp3) is 0.357. The summed E-state index contributed by atoms with van der Waals surface area (Å²) in [7, 11) is -1.65. The Labute approximate surface area is 122 Å². The molecule has 0 unspecified atom stereocenters. The zero-order chi connectivity index (χ0) is 15.7. The van der Waals surface area contributed by atoms with Gasteiger partial charge in [-0.05, 0) is 18.6 Å². The van der Waals surface area contributed by atoms with Gasteiger partial charge in [0.15, 0.2) is 6.10 Å². The Kier molecular flexibility index (Phi) is 4.35. The van der Waals surface area contributed by atoms with Gasteiger partial charge in [0.05, 0.1) is 0 Å². The minimum absolute atomic E-state index is 0.282. The molecule has 0 saturated carbocycles. The molecule has 0 radical (unpaired) electrons. The number of aryl methyl sites for hydroxylation is 1. The lowest BCUT2D eigenvalue weighted by molar-refractivity contribution is -0.145. The predicted molar refractivity (Wildman–Crippen MR) is 75.7 cm³/mol. The third kappa shape index (κ3) is 2.56. The van der Waals surface area contributed by atoms with Crippen molar-refractivity contribution in [1.82, 2.24) is 0 Å². The van der Waals surface area contributed by atoms with Crippen molar-refractivity contribution in [3.05, 3.63) is 47.5 Å². The minimum atomic E-state index is -3.99. The zero-order valence-electron chi connectivity index (χ0n) is 12.0. The normalized spacial score (nSPS) is 21.1.